The highest BCUT2D eigenvalue weighted by Gasteiger charge is 2.18. The van der Waals surface area contributed by atoms with Crippen LogP contribution in [-0.4, -0.2) is 21.8 Å². The van der Waals surface area contributed by atoms with E-state index in [0.29, 0.717) is 11.4 Å². The fourth-order valence-corrected chi connectivity index (χ4v) is 1.50. The van der Waals surface area contributed by atoms with E-state index in [4.69, 9.17) is 10.5 Å². The van der Waals surface area contributed by atoms with E-state index in [-0.39, 0.29) is 5.97 Å². The molecule has 0 spiro atoms. The van der Waals surface area contributed by atoms with Crippen LogP contribution in [0.2, 0.25) is 0 Å². The molecule has 1 heterocycles. The summed E-state index contributed by atoms with van der Waals surface area (Å²) in [4.78, 5) is 11.8. The zero-order valence-electron chi connectivity index (χ0n) is 10.1. The summed E-state index contributed by atoms with van der Waals surface area (Å²) in [6.07, 6.45) is 0. The molecule has 0 radical (unpaired) electrons. The molecule has 0 saturated carbocycles. The summed E-state index contributed by atoms with van der Waals surface area (Å²) >= 11 is 0. The van der Waals surface area contributed by atoms with Crippen LogP contribution < -0.4 is 5.73 Å². The Hall–Kier alpha value is -2.04. The van der Waals surface area contributed by atoms with E-state index in [1.54, 1.807) is 18.2 Å². The van der Waals surface area contributed by atoms with Crippen LogP contribution in [0.3, 0.4) is 0 Å². The van der Waals surface area contributed by atoms with Gasteiger partial charge in [-0.25, -0.2) is 4.79 Å². The molecule has 2 rings (SSSR count). The number of rotatable bonds is 1. The third-order valence-electron chi connectivity index (χ3n) is 2.23. The number of nitrogens with zero attached hydrogens (tertiary/aromatic N) is 1. The smallest absolute Gasteiger partial charge is 0.338 e. The Morgan fingerprint density at radius 2 is 2.12 bits per heavy atom. The molecule has 0 bridgehead atoms. The van der Waals surface area contributed by atoms with E-state index in [0.717, 1.165) is 10.9 Å². The van der Waals surface area contributed by atoms with Crippen LogP contribution in [0.4, 0.5) is 5.82 Å². The summed E-state index contributed by atoms with van der Waals surface area (Å²) in [6, 6.07) is 5.13. The lowest BCUT2D eigenvalue weighted by Gasteiger charge is -2.19. The number of esters is 1. The number of nitrogens with two attached hydrogens (primary N) is 1. The Kier molecular flexibility index (Phi) is 2.53. The third kappa shape index (κ3) is 2.38. The Morgan fingerprint density at radius 3 is 2.76 bits per heavy atom. The molecule has 0 atom stereocenters. The molecule has 17 heavy (non-hydrogen) atoms. The highest BCUT2D eigenvalue weighted by Crippen LogP contribution is 2.20. The molecule has 3 N–H and O–H groups in total. The molecule has 0 aliphatic carbocycles. The first kappa shape index (κ1) is 11.4. The maximum atomic E-state index is 11.8. The van der Waals surface area contributed by atoms with Crippen LogP contribution in [-0.2, 0) is 4.74 Å². The number of H-pyrrole nitrogens is 1. The molecule has 5 heteroatoms. The monoisotopic (exact) mass is 233 g/mol. The summed E-state index contributed by atoms with van der Waals surface area (Å²) in [5.74, 6) is 0.0725. The van der Waals surface area contributed by atoms with Crippen molar-refractivity contribution in [3.8, 4) is 0 Å². The maximum absolute atomic E-state index is 11.8. The van der Waals surface area contributed by atoms with Crippen LogP contribution in [0.5, 0.6) is 0 Å². The summed E-state index contributed by atoms with van der Waals surface area (Å²) in [5, 5.41) is 7.44. The first-order valence-electron chi connectivity index (χ1n) is 5.34. The Labute approximate surface area is 98.9 Å². The summed E-state index contributed by atoms with van der Waals surface area (Å²) < 4.78 is 5.27. The maximum Gasteiger partial charge on any atom is 0.338 e. The largest absolute Gasteiger partial charge is 0.456 e. The second-order valence-electron chi connectivity index (χ2n) is 4.87. The number of anilines is 1. The van der Waals surface area contributed by atoms with Gasteiger partial charge in [-0.15, -0.1) is 0 Å². The van der Waals surface area contributed by atoms with Gasteiger partial charge < -0.3 is 10.5 Å². The molecule has 1 aromatic heterocycles. The zero-order chi connectivity index (χ0) is 12.6. The van der Waals surface area contributed by atoms with Crippen molar-refractivity contribution in [2.45, 2.75) is 26.4 Å². The Balaban J connectivity index is 2.33. The van der Waals surface area contributed by atoms with Gasteiger partial charge in [0.25, 0.3) is 0 Å². The zero-order valence-corrected chi connectivity index (χ0v) is 10.1. The molecule has 0 saturated heterocycles. The normalized spacial score (nSPS) is 11.7. The predicted octanol–water partition coefficient (Wildman–Crippen LogP) is 2.10. The van der Waals surface area contributed by atoms with Crippen LogP contribution in [0.25, 0.3) is 10.9 Å². The van der Waals surface area contributed by atoms with Gasteiger partial charge in [-0.05, 0) is 39.0 Å². The van der Waals surface area contributed by atoms with Gasteiger partial charge in [0.1, 0.15) is 5.60 Å². The Morgan fingerprint density at radius 1 is 1.41 bits per heavy atom. The van der Waals surface area contributed by atoms with E-state index in [9.17, 15) is 4.79 Å². The van der Waals surface area contributed by atoms with Crippen LogP contribution in [0, 0.1) is 0 Å². The van der Waals surface area contributed by atoms with Crippen molar-refractivity contribution in [2.75, 3.05) is 5.73 Å². The van der Waals surface area contributed by atoms with Crippen molar-refractivity contribution in [1.29, 1.82) is 0 Å². The summed E-state index contributed by atoms with van der Waals surface area (Å²) in [5.41, 5.74) is 6.35. The molecule has 0 aliphatic rings. The first-order chi connectivity index (χ1) is 7.87. The average molecular weight is 233 g/mol. The van der Waals surface area contributed by atoms with Crippen LogP contribution in [0.1, 0.15) is 31.1 Å². The molecule has 0 amide bonds. The lowest BCUT2D eigenvalue weighted by molar-refractivity contribution is 0.00697. The van der Waals surface area contributed by atoms with Gasteiger partial charge in [0, 0.05) is 5.39 Å². The van der Waals surface area contributed by atoms with Crippen molar-refractivity contribution in [3.63, 3.8) is 0 Å². The van der Waals surface area contributed by atoms with E-state index in [1.165, 1.54) is 0 Å². The minimum atomic E-state index is -0.501. The number of aromatic amines is 1. The highest BCUT2D eigenvalue weighted by atomic mass is 16.6. The number of carbonyl (C=O) groups is 1. The topological polar surface area (TPSA) is 81.0 Å². The average Bonchev–Trinajstić information content (AvgIpc) is 2.57. The van der Waals surface area contributed by atoms with E-state index >= 15 is 0 Å². The molecule has 0 fully saturated rings. The molecule has 90 valence electrons. The molecular formula is C12H15N3O2. The molecule has 1 aromatic carbocycles. The van der Waals surface area contributed by atoms with Gasteiger partial charge >= 0.3 is 5.97 Å². The number of hydrogen-bond donors (Lipinski definition) is 2. The van der Waals surface area contributed by atoms with E-state index in [1.807, 2.05) is 20.8 Å². The Bertz CT molecular complexity index is 567. The summed E-state index contributed by atoms with van der Waals surface area (Å²) in [7, 11) is 0. The summed E-state index contributed by atoms with van der Waals surface area (Å²) in [6.45, 7) is 5.49. The van der Waals surface area contributed by atoms with Crippen LogP contribution >= 0.6 is 0 Å². The van der Waals surface area contributed by atoms with E-state index < -0.39 is 5.60 Å². The lowest BCUT2D eigenvalue weighted by Crippen LogP contribution is -2.23. The second kappa shape index (κ2) is 3.76. The first-order valence-corrected chi connectivity index (χ1v) is 5.34. The minimum absolute atomic E-state index is 0.354. The van der Waals surface area contributed by atoms with Gasteiger partial charge in [0.15, 0.2) is 5.82 Å². The van der Waals surface area contributed by atoms with Gasteiger partial charge in [0.05, 0.1) is 11.1 Å². The number of hydrogen-bond acceptors (Lipinski definition) is 4. The number of ether oxygens (including phenoxy) is 1. The quantitative estimate of drug-likeness (QED) is 0.739. The molecule has 2 aromatic rings. The standard InChI is InChI=1S/C12H15N3O2/c1-12(2,3)17-11(16)7-4-5-8-9(6-7)14-15-10(8)13/h4-6H,1-3H3,(H3,13,14,15). The number of aromatic nitrogens is 2. The molecule has 5 nitrogen and oxygen atoms in total. The van der Waals surface area contributed by atoms with Gasteiger partial charge in [-0.2, -0.15) is 5.10 Å². The molecular weight excluding hydrogens is 218 g/mol. The second-order valence-corrected chi connectivity index (χ2v) is 4.87. The third-order valence-corrected chi connectivity index (χ3v) is 2.23. The van der Waals surface area contributed by atoms with Crippen molar-refractivity contribution in [3.05, 3.63) is 23.8 Å². The predicted molar refractivity (Wildman–Crippen MR) is 65.7 cm³/mol. The SMILES string of the molecule is CC(C)(C)OC(=O)c1ccc2c(N)n[nH]c2c1. The van der Waals surface area contributed by atoms with Crippen molar-refractivity contribution in [1.82, 2.24) is 10.2 Å². The lowest BCUT2D eigenvalue weighted by atomic mass is 10.1. The number of nitrogens with one attached hydrogen (secondary N) is 1. The van der Waals surface area contributed by atoms with Gasteiger partial charge in [-0.3, -0.25) is 5.10 Å². The highest BCUT2D eigenvalue weighted by molar-refractivity contribution is 5.97. The fourth-order valence-electron chi connectivity index (χ4n) is 1.50. The van der Waals surface area contributed by atoms with Crippen molar-refractivity contribution < 1.29 is 9.53 Å². The number of benzene rings is 1. The fraction of sp³-hybridized carbons (Fsp3) is 0.333. The van der Waals surface area contributed by atoms with Crippen LogP contribution in [0.15, 0.2) is 18.2 Å². The molecule has 0 aliphatic heterocycles. The number of carbonyl (C=O) groups excluding carboxylic acids is 1. The minimum Gasteiger partial charge on any atom is -0.456 e. The van der Waals surface area contributed by atoms with Gasteiger partial charge in [0.2, 0.25) is 0 Å². The number of nitrogen functional groups attached to an aromatic ring is 1. The van der Waals surface area contributed by atoms with E-state index in [2.05, 4.69) is 10.2 Å². The molecule has 0 unspecified atom stereocenters. The van der Waals surface area contributed by atoms with Crippen molar-refractivity contribution in [2.24, 2.45) is 0 Å². The van der Waals surface area contributed by atoms with Gasteiger partial charge in [-0.1, -0.05) is 0 Å². The number of fused-ring (bicyclic) bond motifs is 1. The van der Waals surface area contributed by atoms with Crippen molar-refractivity contribution >= 4 is 22.7 Å².